The highest BCUT2D eigenvalue weighted by Gasteiger charge is 2.27. The van der Waals surface area contributed by atoms with E-state index in [1.165, 1.54) is 12.1 Å². The number of carbonyl (C=O) groups is 2. The van der Waals surface area contributed by atoms with Crippen molar-refractivity contribution in [1.29, 1.82) is 0 Å². The molecule has 2 atom stereocenters. The molecule has 1 saturated heterocycles. The Morgan fingerprint density at radius 1 is 1.21 bits per heavy atom. The molecule has 8 heteroatoms. The van der Waals surface area contributed by atoms with Crippen molar-refractivity contribution in [2.75, 3.05) is 6.54 Å². The average molecular weight is 349 g/mol. The molecule has 1 aromatic heterocycles. The summed E-state index contributed by atoms with van der Waals surface area (Å²) < 4.78 is 5.09. The number of hydrazine groups is 1. The third kappa shape index (κ3) is 3.94. The summed E-state index contributed by atoms with van der Waals surface area (Å²) in [6, 6.07) is 11.1. The minimum atomic E-state index is -0.843. The van der Waals surface area contributed by atoms with Crippen LogP contribution in [0.1, 0.15) is 28.6 Å². The number of furan rings is 1. The summed E-state index contributed by atoms with van der Waals surface area (Å²) in [7, 11) is 0. The Morgan fingerprint density at radius 3 is 2.62 bits per heavy atom. The van der Waals surface area contributed by atoms with E-state index >= 15 is 0 Å². The fourth-order valence-corrected chi connectivity index (χ4v) is 2.58. The summed E-state index contributed by atoms with van der Waals surface area (Å²) in [6.07, 6.45) is 0.577. The van der Waals surface area contributed by atoms with Crippen LogP contribution in [-0.2, 0) is 4.79 Å². The van der Waals surface area contributed by atoms with E-state index in [9.17, 15) is 9.59 Å². The Balaban J connectivity index is 1.76. The number of hydrogen-bond donors (Lipinski definition) is 4. The summed E-state index contributed by atoms with van der Waals surface area (Å²) in [5, 5.41) is 5.65. The molecule has 2 unspecified atom stereocenters. The molecule has 0 aliphatic carbocycles. The largest absolute Gasteiger partial charge is 0.440 e. The number of nitrogens with one attached hydrogen (secondary N) is 4. The quantitative estimate of drug-likeness (QED) is 0.654. The lowest BCUT2D eigenvalue weighted by atomic mass is 10.1. The molecule has 1 fully saturated rings. The first-order valence-electron chi connectivity index (χ1n) is 7.53. The number of halogens is 1. The Kier molecular flexibility index (Phi) is 5.14. The molecule has 2 heterocycles. The van der Waals surface area contributed by atoms with Crippen LogP contribution in [0.25, 0.3) is 0 Å². The van der Waals surface area contributed by atoms with Gasteiger partial charge in [0, 0.05) is 6.54 Å². The smallest absolute Gasteiger partial charge is 0.287 e. The van der Waals surface area contributed by atoms with Gasteiger partial charge in [0.25, 0.3) is 5.91 Å². The SMILES string of the molecule is O=C(NC(C(=O)NC1CCNN1)c1ccccc1)c1ccc(Cl)o1. The summed E-state index contributed by atoms with van der Waals surface area (Å²) >= 11 is 5.69. The molecule has 4 N–H and O–H groups in total. The van der Waals surface area contributed by atoms with Crippen LogP contribution in [-0.4, -0.2) is 24.5 Å². The van der Waals surface area contributed by atoms with E-state index in [-0.39, 0.29) is 23.1 Å². The van der Waals surface area contributed by atoms with Crippen LogP contribution >= 0.6 is 11.6 Å². The molecule has 7 nitrogen and oxygen atoms in total. The van der Waals surface area contributed by atoms with Gasteiger partial charge >= 0.3 is 0 Å². The van der Waals surface area contributed by atoms with Crippen molar-refractivity contribution in [1.82, 2.24) is 21.5 Å². The predicted octanol–water partition coefficient (Wildman–Crippen LogP) is 1.34. The van der Waals surface area contributed by atoms with Gasteiger partial charge in [-0.2, -0.15) is 0 Å². The number of rotatable bonds is 5. The first kappa shape index (κ1) is 16.5. The summed E-state index contributed by atoms with van der Waals surface area (Å²) in [5.74, 6) is -0.772. The van der Waals surface area contributed by atoms with Crippen molar-refractivity contribution >= 4 is 23.4 Å². The zero-order chi connectivity index (χ0) is 16.9. The molecule has 1 aliphatic heterocycles. The van der Waals surface area contributed by atoms with Gasteiger partial charge in [-0.25, -0.2) is 5.43 Å². The maximum atomic E-state index is 12.6. The molecule has 1 aromatic carbocycles. The van der Waals surface area contributed by atoms with Gasteiger partial charge in [0.05, 0.1) is 6.17 Å². The topological polar surface area (TPSA) is 95.4 Å². The van der Waals surface area contributed by atoms with Crippen molar-refractivity contribution in [2.24, 2.45) is 0 Å². The second kappa shape index (κ2) is 7.48. The minimum Gasteiger partial charge on any atom is -0.440 e. The molecule has 0 spiro atoms. The van der Waals surface area contributed by atoms with E-state index in [4.69, 9.17) is 16.0 Å². The Hall–Kier alpha value is -2.35. The Bertz CT molecular complexity index is 713. The van der Waals surface area contributed by atoms with Gasteiger partial charge in [-0.05, 0) is 35.7 Å². The fourth-order valence-electron chi connectivity index (χ4n) is 2.43. The van der Waals surface area contributed by atoms with Crippen LogP contribution in [0.3, 0.4) is 0 Å². The molecular weight excluding hydrogens is 332 g/mol. The number of benzene rings is 1. The van der Waals surface area contributed by atoms with E-state index in [0.29, 0.717) is 5.56 Å². The van der Waals surface area contributed by atoms with Gasteiger partial charge in [-0.3, -0.25) is 15.0 Å². The maximum absolute atomic E-state index is 12.6. The molecule has 126 valence electrons. The third-order valence-electron chi connectivity index (χ3n) is 3.62. The predicted molar refractivity (Wildman–Crippen MR) is 88.1 cm³/mol. The van der Waals surface area contributed by atoms with Crippen molar-refractivity contribution < 1.29 is 14.0 Å². The maximum Gasteiger partial charge on any atom is 0.287 e. The van der Waals surface area contributed by atoms with Crippen LogP contribution in [0.15, 0.2) is 46.9 Å². The van der Waals surface area contributed by atoms with Crippen LogP contribution in [0.2, 0.25) is 5.22 Å². The van der Waals surface area contributed by atoms with Crippen molar-refractivity contribution in [3.05, 3.63) is 59.0 Å². The van der Waals surface area contributed by atoms with E-state index in [0.717, 1.165) is 13.0 Å². The molecule has 2 amide bonds. The van der Waals surface area contributed by atoms with Gasteiger partial charge in [-0.15, -0.1) is 0 Å². The van der Waals surface area contributed by atoms with E-state index in [1.807, 2.05) is 6.07 Å². The van der Waals surface area contributed by atoms with Gasteiger partial charge in [0.15, 0.2) is 11.0 Å². The summed E-state index contributed by atoms with van der Waals surface area (Å²) in [4.78, 5) is 24.9. The van der Waals surface area contributed by atoms with Gasteiger partial charge in [0.2, 0.25) is 5.91 Å². The molecule has 0 saturated carbocycles. The molecule has 1 aliphatic rings. The van der Waals surface area contributed by atoms with Crippen molar-refractivity contribution in [2.45, 2.75) is 18.6 Å². The van der Waals surface area contributed by atoms with Gasteiger partial charge in [0.1, 0.15) is 6.04 Å². The third-order valence-corrected chi connectivity index (χ3v) is 3.82. The van der Waals surface area contributed by atoms with E-state index in [1.54, 1.807) is 24.3 Å². The summed E-state index contributed by atoms with van der Waals surface area (Å²) in [5.41, 5.74) is 6.57. The zero-order valence-corrected chi connectivity index (χ0v) is 13.5. The molecule has 0 radical (unpaired) electrons. The Labute approximate surface area is 143 Å². The van der Waals surface area contributed by atoms with Gasteiger partial charge in [-0.1, -0.05) is 30.3 Å². The second-order valence-electron chi connectivity index (χ2n) is 5.34. The lowest BCUT2D eigenvalue weighted by molar-refractivity contribution is -0.124. The van der Waals surface area contributed by atoms with E-state index < -0.39 is 11.9 Å². The van der Waals surface area contributed by atoms with Crippen LogP contribution in [0.4, 0.5) is 0 Å². The normalized spacial score (nSPS) is 18.1. The van der Waals surface area contributed by atoms with Crippen molar-refractivity contribution in [3.8, 4) is 0 Å². The lowest BCUT2D eigenvalue weighted by Gasteiger charge is -2.21. The average Bonchev–Trinajstić information content (AvgIpc) is 3.24. The highest BCUT2D eigenvalue weighted by atomic mass is 35.5. The van der Waals surface area contributed by atoms with Crippen molar-refractivity contribution in [3.63, 3.8) is 0 Å². The first-order valence-corrected chi connectivity index (χ1v) is 7.91. The number of amides is 2. The fraction of sp³-hybridized carbons (Fsp3) is 0.250. The zero-order valence-electron chi connectivity index (χ0n) is 12.7. The Morgan fingerprint density at radius 2 is 2.00 bits per heavy atom. The lowest BCUT2D eigenvalue weighted by Crippen LogP contribution is -2.49. The van der Waals surface area contributed by atoms with Gasteiger partial charge < -0.3 is 15.1 Å². The standard InChI is InChI=1S/C16H17ClN4O3/c17-12-7-6-11(24-12)15(22)20-14(10-4-2-1-3-5-10)16(23)19-13-8-9-18-21-13/h1-7,13-14,18,21H,8-9H2,(H,19,23)(H,20,22). The molecule has 2 aromatic rings. The van der Waals surface area contributed by atoms with E-state index in [2.05, 4.69) is 21.5 Å². The highest BCUT2D eigenvalue weighted by Crippen LogP contribution is 2.17. The van der Waals surface area contributed by atoms with Crippen LogP contribution < -0.4 is 21.5 Å². The van der Waals surface area contributed by atoms with Crippen LogP contribution in [0.5, 0.6) is 0 Å². The molecule has 0 bridgehead atoms. The molecular formula is C16H17ClN4O3. The highest BCUT2D eigenvalue weighted by molar-refractivity contribution is 6.29. The first-order chi connectivity index (χ1) is 11.6. The second-order valence-corrected chi connectivity index (χ2v) is 5.71. The molecule has 3 rings (SSSR count). The monoisotopic (exact) mass is 348 g/mol. The van der Waals surface area contributed by atoms with Crippen LogP contribution in [0, 0.1) is 0 Å². The summed E-state index contributed by atoms with van der Waals surface area (Å²) in [6.45, 7) is 0.762. The number of carbonyl (C=O) groups excluding carboxylic acids is 2. The minimum absolute atomic E-state index is 0.0504. The molecule has 24 heavy (non-hydrogen) atoms. The number of hydrogen-bond acceptors (Lipinski definition) is 5.